The minimum atomic E-state index is -1.16. The Labute approximate surface area is 105 Å². The van der Waals surface area contributed by atoms with Crippen LogP contribution in [0, 0.1) is 0 Å². The number of hydrogen-bond donors (Lipinski definition) is 1. The second-order valence-electron chi connectivity index (χ2n) is 3.91. The summed E-state index contributed by atoms with van der Waals surface area (Å²) in [5.41, 5.74) is 1.16. The molecule has 5 heteroatoms. The van der Waals surface area contributed by atoms with Gasteiger partial charge in [0.05, 0.1) is 0 Å². The van der Waals surface area contributed by atoms with Gasteiger partial charge in [0.2, 0.25) is 5.91 Å². The Bertz CT molecular complexity index is 451. The highest BCUT2D eigenvalue weighted by Crippen LogP contribution is 2.10. The summed E-state index contributed by atoms with van der Waals surface area (Å²) in [6, 6.07) is 6.51. The predicted octanol–water partition coefficient (Wildman–Crippen LogP) is 0.748. The standard InChI is InChI=1S/C13H15NO4/c1-9(15)10-5-7-11(8-6-10)14-12(16)3-2-4-13(17)18/h5-8H,2-4H2,1H3,(H,14,16)(H,17,18)/p-1. The highest BCUT2D eigenvalue weighted by molar-refractivity contribution is 5.95. The zero-order valence-corrected chi connectivity index (χ0v) is 10.1. The van der Waals surface area contributed by atoms with Crippen LogP contribution in [0.2, 0.25) is 0 Å². The molecule has 1 aromatic carbocycles. The maximum atomic E-state index is 11.4. The molecule has 0 bridgehead atoms. The first-order valence-electron chi connectivity index (χ1n) is 5.59. The number of hydrogen-bond acceptors (Lipinski definition) is 4. The maximum Gasteiger partial charge on any atom is 0.224 e. The molecule has 0 fully saturated rings. The molecule has 0 unspecified atom stereocenters. The van der Waals surface area contributed by atoms with E-state index in [1.54, 1.807) is 24.3 Å². The monoisotopic (exact) mass is 248 g/mol. The number of ketones is 1. The van der Waals surface area contributed by atoms with Crippen LogP contribution in [0.5, 0.6) is 0 Å². The highest BCUT2D eigenvalue weighted by atomic mass is 16.4. The number of anilines is 1. The number of rotatable bonds is 6. The summed E-state index contributed by atoms with van der Waals surface area (Å²) >= 11 is 0. The van der Waals surface area contributed by atoms with Gasteiger partial charge in [-0.2, -0.15) is 0 Å². The minimum Gasteiger partial charge on any atom is -0.550 e. The lowest BCUT2D eigenvalue weighted by molar-refractivity contribution is -0.305. The van der Waals surface area contributed by atoms with Gasteiger partial charge in [-0.15, -0.1) is 0 Å². The molecule has 0 radical (unpaired) electrons. The van der Waals surface area contributed by atoms with E-state index in [1.807, 2.05) is 0 Å². The number of carbonyl (C=O) groups is 3. The number of Topliss-reactive ketones (excluding diaryl/α,β-unsaturated/α-hetero) is 1. The van der Waals surface area contributed by atoms with Crippen molar-refractivity contribution in [2.75, 3.05) is 5.32 Å². The molecule has 5 nitrogen and oxygen atoms in total. The molecule has 0 aromatic heterocycles. The van der Waals surface area contributed by atoms with Gasteiger partial charge in [0.1, 0.15) is 0 Å². The zero-order valence-electron chi connectivity index (χ0n) is 10.1. The summed E-state index contributed by atoms with van der Waals surface area (Å²) in [4.78, 5) is 32.6. The quantitative estimate of drug-likeness (QED) is 0.752. The van der Waals surface area contributed by atoms with E-state index < -0.39 is 5.97 Å². The van der Waals surface area contributed by atoms with E-state index in [0.29, 0.717) is 11.3 Å². The van der Waals surface area contributed by atoms with Crippen molar-refractivity contribution in [1.82, 2.24) is 0 Å². The average molecular weight is 248 g/mol. The lowest BCUT2D eigenvalue weighted by atomic mass is 10.1. The molecule has 0 aliphatic carbocycles. The Balaban J connectivity index is 2.44. The van der Waals surface area contributed by atoms with Crippen LogP contribution in [-0.2, 0) is 9.59 Å². The molecule has 1 N–H and O–H groups in total. The second-order valence-corrected chi connectivity index (χ2v) is 3.91. The lowest BCUT2D eigenvalue weighted by Crippen LogP contribution is -2.22. The fraction of sp³-hybridized carbons (Fsp3) is 0.308. The third-order valence-electron chi connectivity index (χ3n) is 2.36. The molecule has 0 spiro atoms. The first-order chi connectivity index (χ1) is 8.49. The van der Waals surface area contributed by atoms with Gasteiger partial charge in [-0.05, 0) is 44.0 Å². The van der Waals surface area contributed by atoms with Crippen LogP contribution >= 0.6 is 0 Å². The summed E-state index contributed by atoms with van der Waals surface area (Å²) in [6.45, 7) is 1.47. The molecule has 96 valence electrons. The lowest BCUT2D eigenvalue weighted by Gasteiger charge is -2.06. The van der Waals surface area contributed by atoms with Crippen molar-refractivity contribution in [1.29, 1.82) is 0 Å². The van der Waals surface area contributed by atoms with Gasteiger partial charge in [0, 0.05) is 23.6 Å². The number of carboxylic acids is 1. The molecule has 1 amide bonds. The van der Waals surface area contributed by atoms with Crippen LogP contribution in [0.4, 0.5) is 5.69 Å². The van der Waals surface area contributed by atoms with Crippen LogP contribution in [-0.4, -0.2) is 17.7 Å². The number of aliphatic carboxylic acids is 1. The second kappa shape index (κ2) is 6.54. The van der Waals surface area contributed by atoms with Crippen molar-refractivity contribution in [2.24, 2.45) is 0 Å². The van der Waals surface area contributed by atoms with Gasteiger partial charge < -0.3 is 15.2 Å². The molecule has 0 aliphatic rings. The van der Waals surface area contributed by atoms with E-state index in [4.69, 9.17) is 0 Å². The molecule has 18 heavy (non-hydrogen) atoms. The average Bonchev–Trinajstić information content (AvgIpc) is 2.29. The minimum absolute atomic E-state index is 0.0400. The Morgan fingerprint density at radius 1 is 1.11 bits per heavy atom. The smallest absolute Gasteiger partial charge is 0.224 e. The topological polar surface area (TPSA) is 86.3 Å². The molecule has 0 saturated heterocycles. The van der Waals surface area contributed by atoms with E-state index >= 15 is 0 Å². The van der Waals surface area contributed by atoms with Crippen LogP contribution in [0.1, 0.15) is 36.5 Å². The van der Waals surface area contributed by atoms with Crippen LogP contribution < -0.4 is 10.4 Å². The van der Waals surface area contributed by atoms with E-state index in [1.165, 1.54) is 6.92 Å². The Kier molecular flexibility index (Phi) is 5.05. The molecule has 0 atom stereocenters. The van der Waals surface area contributed by atoms with E-state index in [9.17, 15) is 19.5 Å². The number of nitrogens with one attached hydrogen (secondary N) is 1. The first kappa shape index (κ1) is 13.9. The predicted molar refractivity (Wildman–Crippen MR) is 63.9 cm³/mol. The zero-order chi connectivity index (χ0) is 13.5. The summed E-state index contributed by atoms with van der Waals surface area (Å²) in [7, 11) is 0. The Morgan fingerprint density at radius 2 is 1.72 bits per heavy atom. The van der Waals surface area contributed by atoms with Crippen LogP contribution in [0.25, 0.3) is 0 Å². The van der Waals surface area contributed by atoms with Gasteiger partial charge in [0.25, 0.3) is 0 Å². The molecule has 0 aliphatic heterocycles. The van der Waals surface area contributed by atoms with Gasteiger partial charge >= 0.3 is 0 Å². The molecule has 1 aromatic rings. The van der Waals surface area contributed by atoms with Crippen molar-refractivity contribution in [2.45, 2.75) is 26.2 Å². The maximum absolute atomic E-state index is 11.4. The van der Waals surface area contributed by atoms with Gasteiger partial charge in [-0.25, -0.2) is 0 Å². The SMILES string of the molecule is CC(=O)c1ccc(NC(=O)CCCC(=O)[O-])cc1. The Hall–Kier alpha value is -2.17. The highest BCUT2D eigenvalue weighted by Gasteiger charge is 2.03. The normalized spacial score (nSPS) is 9.83. The number of carbonyl (C=O) groups excluding carboxylic acids is 3. The van der Waals surface area contributed by atoms with Gasteiger partial charge in [0.15, 0.2) is 5.78 Å². The summed E-state index contributed by atoms with van der Waals surface area (Å²) < 4.78 is 0. The van der Waals surface area contributed by atoms with E-state index in [2.05, 4.69) is 5.32 Å². The summed E-state index contributed by atoms with van der Waals surface area (Å²) in [5, 5.41) is 12.8. The molecular weight excluding hydrogens is 234 g/mol. The molecule has 0 heterocycles. The van der Waals surface area contributed by atoms with Crippen molar-refractivity contribution < 1.29 is 19.5 Å². The molecular formula is C13H14NO4-. The van der Waals surface area contributed by atoms with E-state index in [-0.39, 0.29) is 31.0 Å². The molecule has 1 rings (SSSR count). The fourth-order valence-corrected chi connectivity index (χ4v) is 1.41. The summed E-state index contributed by atoms with van der Waals surface area (Å²) in [5.74, 6) is -1.46. The third-order valence-corrected chi connectivity index (χ3v) is 2.36. The third kappa shape index (κ3) is 4.78. The fourth-order valence-electron chi connectivity index (χ4n) is 1.41. The number of benzene rings is 1. The molecule has 0 saturated carbocycles. The largest absolute Gasteiger partial charge is 0.550 e. The first-order valence-corrected chi connectivity index (χ1v) is 5.59. The number of amides is 1. The van der Waals surface area contributed by atoms with E-state index in [0.717, 1.165) is 0 Å². The number of carboxylic acid groups (broad SMARTS) is 1. The Morgan fingerprint density at radius 3 is 2.22 bits per heavy atom. The van der Waals surface area contributed by atoms with Crippen LogP contribution in [0.3, 0.4) is 0 Å². The van der Waals surface area contributed by atoms with Crippen molar-refractivity contribution in [3.8, 4) is 0 Å². The van der Waals surface area contributed by atoms with Crippen molar-refractivity contribution in [3.05, 3.63) is 29.8 Å². The van der Waals surface area contributed by atoms with Gasteiger partial charge in [-0.3, -0.25) is 9.59 Å². The van der Waals surface area contributed by atoms with Crippen molar-refractivity contribution >= 4 is 23.3 Å². The summed E-state index contributed by atoms with van der Waals surface area (Å²) in [6.07, 6.45) is 0.249. The van der Waals surface area contributed by atoms with Crippen molar-refractivity contribution in [3.63, 3.8) is 0 Å². The van der Waals surface area contributed by atoms with Crippen LogP contribution in [0.15, 0.2) is 24.3 Å². The van der Waals surface area contributed by atoms with Gasteiger partial charge in [-0.1, -0.05) is 0 Å².